The molecule has 0 N–H and O–H groups in total. The highest BCUT2D eigenvalue weighted by atomic mass is 28.3. The number of nitro groups is 2. The Morgan fingerprint density at radius 1 is 0.932 bits per heavy atom. The highest BCUT2D eigenvalue weighted by molar-refractivity contribution is 6.49. The van der Waals surface area contributed by atoms with Crippen LogP contribution >= 0.6 is 0 Å². The number of nitro benzene ring substituents is 2. The average Bonchev–Trinajstić information content (AvgIpc) is 3.61. The number of carbonyl (C=O) groups excluding carboxylic acids is 2. The van der Waals surface area contributed by atoms with Gasteiger partial charge in [-0.2, -0.15) is 0 Å². The molecule has 4 rings (SSSR count). The molecule has 1 saturated heterocycles. The predicted octanol–water partition coefficient (Wildman–Crippen LogP) is 5.25. The number of benzene rings is 2. The van der Waals surface area contributed by atoms with Crippen molar-refractivity contribution in [2.45, 2.75) is 59.2 Å². The Balaban J connectivity index is 1.58. The van der Waals surface area contributed by atoms with Crippen molar-refractivity contribution in [3.05, 3.63) is 79.9 Å². The van der Waals surface area contributed by atoms with Crippen LogP contribution in [0, 0.1) is 31.6 Å². The Morgan fingerprint density at radius 3 is 1.89 bits per heavy atom. The number of hydrogen-bond donors (Lipinski definition) is 0. The fourth-order valence-electron chi connectivity index (χ4n) is 5.28. The molecule has 2 aliphatic rings. The third-order valence-corrected chi connectivity index (χ3v) is 8.53. The van der Waals surface area contributed by atoms with E-state index in [9.17, 15) is 29.8 Å². The van der Waals surface area contributed by atoms with Crippen molar-refractivity contribution in [3.63, 3.8) is 0 Å². The Bertz CT molecular complexity index is 1430. The number of likely N-dealkylation sites (tertiary alicyclic amines) is 1. The Morgan fingerprint density at radius 2 is 1.43 bits per heavy atom. The minimum absolute atomic E-state index is 0.0246. The molecule has 2 aliphatic heterocycles. The van der Waals surface area contributed by atoms with Crippen molar-refractivity contribution >= 4 is 38.4 Å². The van der Waals surface area contributed by atoms with Crippen LogP contribution in [0.4, 0.5) is 21.0 Å². The first-order chi connectivity index (χ1) is 20.7. The number of aliphatic imine (C=N–C) groups is 1. The summed E-state index contributed by atoms with van der Waals surface area (Å²) in [6.07, 6.45) is -0.941. The van der Waals surface area contributed by atoms with E-state index < -0.39 is 36.8 Å². The van der Waals surface area contributed by atoms with Gasteiger partial charge in [-0.3, -0.25) is 35.0 Å². The zero-order valence-corrected chi connectivity index (χ0v) is 26.6. The third kappa shape index (κ3) is 7.22. The molecule has 0 aromatic heterocycles. The average molecular weight is 628 g/mol. The number of carbonyl (C=O) groups is 2. The normalized spacial score (nSPS) is 20.0. The molecule has 15 heteroatoms. The minimum atomic E-state index is -1.87. The first kappa shape index (κ1) is 32.5. The molecular formula is C29H37N5O9Si. The van der Waals surface area contributed by atoms with Crippen molar-refractivity contribution in [1.29, 1.82) is 0 Å². The molecular weight excluding hydrogens is 590 g/mol. The summed E-state index contributed by atoms with van der Waals surface area (Å²) in [5, 5.41) is 22.0. The minimum Gasteiger partial charge on any atom is -0.444 e. The zero-order valence-electron chi connectivity index (χ0n) is 25.4. The van der Waals surface area contributed by atoms with Crippen LogP contribution in [0.5, 0.6) is 0 Å². The zero-order chi connectivity index (χ0) is 32.2. The second kappa shape index (κ2) is 13.1. The molecule has 2 heterocycles. The van der Waals surface area contributed by atoms with Gasteiger partial charge >= 0.3 is 12.2 Å². The number of amidine groups is 1. The number of ether oxygens (including phenoxy) is 2. The van der Waals surface area contributed by atoms with Crippen LogP contribution in [0.25, 0.3) is 0 Å². The fourth-order valence-corrected chi connectivity index (χ4v) is 6.39. The van der Waals surface area contributed by atoms with Crippen molar-refractivity contribution in [3.8, 4) is 0 Å². The summed E-state index contributed by atoms with van der Waals surface area (Å²) in [5.41, 5.74) is -0.570. The van der Waals surface area contributed by atoms with Crippen molar-refractivity contribution in [1.82, 2.24) is 9.80 Å². The Hall–Kier alpha value is -4.37. The second-order valence-electron chi connectivity index (χ2n) is 12.1. The molecule has 0 saturated carbocycles. The predicted molar refractivity (Wildman–Crippen MR) is 163 cm³/mol. The molecule has 2 aromatic rings. The lowest BCUT2D eigenvalue weighted by Crippen LogP contribution is -2.61. The lowest BCUT2D eigenvalue weighted by atomic mass is 9.79. The van der Waals surface area contributed by atoms with Crippen LogP contribution < -0.4 is 0 Å². The lowest BCUT2D eigenvalue weighted by molar-refractivity contribution is -0.385. The summed E-state index contributed by atoms with van der Waals surface area (Å²) in [6, 6.07) is 11.5. The third-order valence-electron chi connectivity index (χ3n) is 7.67. The second-order valence-corrected chi connectivity index (χ2v) is 14.5. The molecule has 1 fully saturated rings. The van der Waals surface area contributed by atoms with Gasteiger partial charge in [-0.1, -0.05) is 20.8 Å². The summed E-state index contributed by atoms with van der Waals surface area (Å²) in [5.74, 6) is 0.259. The summed E-state index contributed by atoms with van der Waals surface area (Å²) in [7, 11) is -1.87. The maximum absolute atomic E-state index is 13.8. The summed E-state index contributed by atoms with van der Waals surface area (Å²) >= 11 is 0. The van der Waals surface area contributed by atoms with E-state index in [1.54, 1.807) is 0 Å². The molecule has 2 atom stereocenters. The number of nitrogens with zero attached hydrogens (tertiary/aromatic N) is 5. The molecule has 0 unspecified atom stereocenters. The summed E-state index contributed by atoms with van der Waals surface area (Å²) < 4.78 is 18.0. The van der Waals surface area contributed by atoms with E-state index >= 15 is 0 Å². The molecule has 236 valence electrons. The molecule has 0 aliphatic carbocycles. The first-order valence-corrected chi connectivity index (χ1v) is 17.1. The number of amides is 2. The van der Waals surface area contributed by atoms with E-state index in [1.807, 2.05) is 13.1 Å². The van der Waals surface area contributed by atoms with E-state index in [4.69, 9.17) is 13.9 Å². The van der Waals surface area contributed by atoms with Crippen LogP contribution in [-0.2, 0) is 27.1 Å². The molecule has 2 aromatic carbocycles. The van der Waals surface area contributed by atoms with Crippen LogP contribution in [0.3, 0.4) is 0 Å². The maximum atomic E-state index is 13.8. The topological polar surface area (TPSA) is 167 Å². The maximum Gasteiger partial charge on any atom is 0.415 e. The molecule has 44 heavy (non-hydrogen) atoms. The Kier molecular flexibility index (Phi) is 9.68. The highest BCUT2D eigenvalue weighted by Crippen LogP contribution is 2.45. The van der Waals surface area contributed by atoms with Gasteiger partial charge < -0.3 is 13.9 Å². The Labute approximate surface area is 256 Å². The van der Waals surface area contributed by atoms with Crippen LogP contribution in [0.2, 0.25) is 13.1 Å². The van der Waals surface area contributed by atoms with Gasteiger partial charge in [0, 0.05) is 37.2 Å². The number of hydrogen-bond acceptors (Lipinski definition) is 10. The van der Waals surface area contributed by atoms with E-state index in [-0.39, 0.29) is 48.3 Å². The van der Waals surface area contributed by atoms with Gasteiger partial charge in [0.2, 0.25) is 0 Å². The van der Waals surface area contributed by atoms with Crippen molar-refractivity contribution in [2.75, 3.05) is 19.6 Å². The van der Waals surface area contributed by atoms with E-state index in [0.717, 1.165) is 0 Å². The summed E-state index contributed by atoms with van der Waals surface area (Å²) in [4.78, 5) is 55.7. The van der Waals surface area contributed by atoms with Crippen molar-refractivity contribution in [2.24, 2.45) is 16.3 Å². The fraction of sp³-hybridized carbons (Fsp3) is 0.483. The molecule has 0 spiro atoms. The lowest BCUT2D eigenvalue weighted by Gasteiger charge is -2.41. The van der Waals surface area contributed by atoms with Gasteiger partial charge in [0.1, 0.15) is 13.2 Å². The van der Waals surface area contributed by atoms with E-state index in [1.165, 1.54) is 58.3 Å². The van der Waals surface area contributed by atoms with Crippen LogP contribution in [-0.4, -0.2) is 72.1 Å². The van der Waals surface area contributed by atoms with E-state index in [0.29, 0.717) is 30.6 Å². The molecule has 0 bridgehead atoms. The SMILES string of the molecule is C[SiH](C)O[C@]1(C2=NCCN2C(=O)OCc2ccc([N+](=O)[O-])cc2)C[C@H](C(C)(C)C)CN1C(=O)OCc1ccc([N+](=O)[O-])cc1. The standard InChI is InChI=1S/C29H37N5O9Si/c1-28(2,3)22-16-29(43-44(4)5,32(17-22)27(36)42-19-21-8-12-24(13-9-21)34(39)40)25-30-14-15-31(25)26(35)41-18-20-6-10-23(11-7-20)33(37)38/h6-13,22,44H,14-19H2,1-5H3/t22-,29-/m0/s1. The van der Waals surface area contributed by atoms with Gasteiger partial charge in [-0.25, -0.2) is 9.59 Å². The molecule has 0 radical (unpaired) electrons. The largest absolute Gasteiger partial charge is 0.444 e. The van der Waals surface area contributed by atoms with Gasteiger partial charge in [0.05, 0.1) is 22.9 Å². The van der Waals surface area contributed by atoms with Gasteiger partial charge in [0.25, 0.3) is 11.4 Å². The first-order valence-electron chi connectivity index (χ1n) is 14.3. The van der Waals surface area contributed by atoms with E-state index in [2.05, 4.69) is 25.8 Å². The number of rotatable bonds is 9. The molecule has 2 amide bonds. The van der Waals surface area contributed by atoms with Gasteiger partial charge in [-0.15, -0.1) is 0 Å². The van der Waals surface area contributed by atoms with Crippen LogP contribution in [0.15, 0.2) is 53.5 Å². The molecule has 14 nitrogen and oxygen atoms in total. The highest BCUT2D eigenvalue weighted by Gasteiger charge is 2.58. The van der Waals surface area contributed by atoms with Crippen molar-refractivity contribution < 1.29 is 33.3 Å². The number of non-ortho nitro benzene ring substituents is 2. The summed E-state index contributed by atoms with van der Waals surface area (Å²) in [6.45, 7) is 10.8. The van der Waals surface area contributed by atoms with Gasteiger partial charge in [0.15, 0.2) is 20.6 Å². The monoisotopic (exact) mass is 627 g/mol. The quantitative estimate of drug-likeness (QED) is 0.205. The smallest absolute Gasteiger partial charge is 0.415 e. The van der Waals surface area contributed by atoms with Crippen LogP contribution in [0.1, 0.15) is 38.3 Å². The van der Waals surface area contributed by atoms with Gasteiger partial charge in [-0.05, 0) is 59.8 Å².